The van der Waals surface area contributed by atoms with Crippen LogP contribution in [0.2, 0.25) is 10.0 Å². The van der Waals surface area contributed by atoms with E-state index in [0.717, 1.165) is 22.2 Å². The Balaban J connectivity index is 1.17. The van der Waals surface area contributed by atoms with E-state index in [1.807, 2.05) is 37.3 Å². The number of likely N-dealkylation sites (N-methyl/N-ethyl adjacent to an activating group) is 1. The number of ether oxygens (including phenoxy) is 2. The predicted molar refractivity (Wildman–Crippen MR) is 176 cm³/mol. The summed E-state index contributed by atoms with van der Waals surface area (Å²) in [4.78, 5) is 45.7. The fourth-order valence-corrected chi connectivity index (χ4v) is 5.40. The number of halogens is 2. The van der Waals surface area contributed by atoms with Crippen LogP contribution < -0.4 is 15.0 Å². The van der Waals surface area contributed by atoms with Crippen LogP contribution in [0.3, 0.4) is 0 Å². The van der Waals surface area contributed by atoms with Crippen molar-refractivity contribution in [2.45, 2.75) is 13.5 Å². The Bertz CT molecular complexity index is 1750. The molecule has 232 valence electrons. The fraction of sp³-hybridized carbons (Fsp3) is 0.235. The molecule has 0 bridgehead atoms. The summed E-state index contributed by atoms with van der Waals surface area (Å²) in [6.45, 7) is 3.93. The number of hydrogen-bond acceptors (Lipinski definition) is 6. The van der Waals surface area contributed by atoms with Gasteiger partial charge in [-0.2, -0.15) is 0 Å². The summed E-state index contributed by atoms with van der Waals surface area (Å²) in [6, 6.07) is 19.9. The SMILES string of the molecule is Cc1ccc2cccc(OCc3c(Cl)ccc(N(C)C(=O)CNC(=O)C=Cc4ccc(C(=O)N5CCOCC5)cc4)c3Cl)c2n1. The summed E-state index contributed by atoms with van der Waals surface area (Å²) in [5, 5.41) is 4.21. The summed E-state index contributed by atoms with van der Waals surface area (Å²) in [6.07, 6.45) is 2.95. The molecule has 2 heterocycles. The molecule has 0 aliphatic carbocycles. The van der Waals surface area contributed by atoms with Gasteiger partial charge in [0.25, 0.3) is 5.91 Å². The van der Waals surface area contributed by atoms with E-state index >= 15 is 0 Å². The third-order valence-electron chi connectivity index (χ3n) is 7.39. The molecule has 3 amide bonds. The maximum absolute atomic E-state index is 13.0. The molecular formula is C34H32Cl2N4O5. The van der Waals surface area contributed by atoms with Crippen LogP contribution in [-0.2, 0) is 20.9 Å². The second-order valence-corrected chi connectivity index (χ2v) is 11.2. The summed E-state index contributed by atoms with van der Waals surface area (Å²) < 4.78 is 11.4. The summed E-state index contributed by atoms with van der Waals surface area (Å²) in [7, 11) is 1.57. The van der Waals surface area contributed by atoms with Crippen molar-refractivity contribution in [1.82, 2.24) is 15.2 Å². The van der Waals surface area contributed by atoms with Gasteiger partial charge in [-0.15, -0.1) is 0 Å². The smallest absolute Gasteiger partial charge is 0.254 e. The van der Waals surface area contributed by atoms with E-state index in [-0.39, 0.29) is 30.0 Å². The van der Waals surface area contributed by atoms with Crippen molar-refractivity contribution in [2.24, 2.45) is 0 Å². The van der Waals surface area contributed by atoms with Crippen LogP contribution in [0.15, 0.2) is 72.8 Å². The first kappa shape index (κ1) is 32.0. The van der Waals surface area contributed by atoms with Gasteiger partial charge in [0, 0.05) is 53.4 Å². The monoisotopic (exact) mass is 646 g/mol. The minimum Gasteiger partial charge on any atom is -0.487 e. The van der Waals surface area contributed by atoms with Gasteiger partial charge < -0.3 is 24.6 Å². The van der Waals surface area contributed by atoms with E-state index in [9.17, 15) is 14.4 Å². The lowest BCUT2D eigenvalue weighted by Gasteiger charge is -2.26. The Kier molecular flexibility index (Phi) is 10.3. The highest BCUT2D eigenvalue weighted by molar-refractivity contribution is 6.38. The van der Waals surface area contributed by atoms with Crippen LogP contribution in [0.25, 0.3) is 17.0 Å². The predicted octanol–water partition coefficient (Wildman–Crippen LogP) is 5.69. The molecule has 5 rings (SSSR count). The van der Waals surface area contributed by atoms with Gasteiger partial charge in [0.15, 0.2) is 0 Å². The van der Waals surface area contributed by atoms with Gasteiger partial charge in [-0.05, 0) is 55.0 Å². The third kappa shape index (κ3) is 7.81. The molecule has 1 aliphatic rings. The van der Waals surface area contributed by atoms with Crippen LogP contribution >= 0.6 is 23.2 Å². The highest BCUT2D eigenvalue weighted by Crippen LogP contribution is 2.35. The van der Waals surface area contributed by atoms with E-state index in [2.05, 4.69) is 10.3 Å². The van der Waals surface area contributed by atoms with Crippen LogP contribution in [0.4, 0.5) is 5.69 Å². The van der Waals surface area contributed by atoms with Gasteiger partial charge in [-0.1, -0.05) is 53.5 Å². The van der Waals surface area contributed by atoms with Gasteiger partial charge in [0.1, 0.15) is 17.9 Å². The summed E-state index contributed by atoms with van der Waals surface area (Å²) in [5.74, 6) is -0.286. The first-order valence-corrected chi connectivity index (χ1v) is 15.1. The molecule has 0 unspecified atom stereocenters. The van der Waals surface area contributed by atoms with Crippen LogP contribution in [-0.4, -0.2) is 67.5 Å². The Morgan fingerprint density at radius 2 is 1.78 bits per heavy atom. The zero-order chi connectivity index (χ0) is 31.9. The maximum atomic E-state index is 13.0. The Labute approximate surface area is 271 Å². The lowest BCUT2D eigenvalue weighted by Crippen LogP contribution is -2.40. The normalized spacial score (nSPS) is 13.2. The van der Waals surface area contributed by atoms with Crippen molar-refractivity contribution < 1.29 is 23.9 Å². The standard InChI is InChI=1S/C34H32Cl2N4O5/c1-22-6-10-24-4-3-5-29(33(24)38-22)45-21-26-27(35)13-14-28(32(26)36)39(2)31(42)20-37-30(41)15-9-23-7-11-25(12-8-23)34(43)40-16-18-44-19-17-40/h3-15H,16-21H2,1-2H3,(H,37,41). The highest BCUT2D eigenvalue weighted by atomic mass is 35.5. The number of hydrogen-bond donors (Lipinski definition) is 1. The van der Waals surface area contributed by atoms with E-state index in [4.69, 9.17) is 32.7 Å². The summed E-state index contributed by atoms with van der Waals surface area (Å²) in [5.41, 5.74) is 3.85. The number of carbonyl (C=O) groups excluding carboxylic acids is 3. The molecule has 45 heavy (non-hydrogen) atoms. The van der Waals surface area contributed by atoms with Crippen molar-refractivity contribution >= 4 is 63.6 Å². The number of fused-ring (bicyclic) bond motifs is 1. The molecule has 1 saturated heterocycles. The van der Waals surface area contributed by atoms with Gasteiger partial charge >= 0.3 is 0 Å². The van der Waals surface area contributed by atoms with Crippen LogP contribution in [0.5, 0.6) is 5.75 Å². The molecule has 0 radical (unpaired) electrons. The van der Waals surface area contributed by atoms with Crippen molar-refractivity contribution in [3.05, 3.63) is 105 Å². The van der Waals surface area contributed by atoms with Crippen molar-refractivity contribution in [3.63, 3.8) is 0 Å². The van der Waals surface area contributed by atoms with E-state index in [0.29, 0.717) is 53.9 Å². The van der Waals surface area contributed by atoms with Gasteiger partial charge in [0.2, 0.25) is 11.8 Å². The number of carbonyl (C=O) groups is 3. The number of nitrogens with one attached hydrogen (secondary N) is 1. The zero-order valence-electron chi connectivity index (χ0n) is 24.9. The van der Waals surface area contributed by atoms with Crippen LogP contribution in [0, 0.1) is 6.92 Å². The van der Waals surface area contributed by atoms with Gasteiger partial charge in [0.05, 0.1) is 30.5 Å². The van der Waals surface area contributed by atoms with E-state index in [1.165, 1.54) is 11.0 Å². The highest BCUT2D eigenvalue weighted by Gasteiger charge is 2.20. The average Bonchev–Trinajstić information content (AvgIpc) is 3.06. The fourth-order valence-electron chi connectivity index (χ4n) is 4.79. The number of benzene rings is 3. The largest absolute Gasteiger partial charge is 0.487 e. The van der Waals surface area contributed by atoms with Gasteiger partial charge in [-0.3, -0.25) is 14.4 Å². The molecule has 0 atom stereocenters. The van der Waals surface area contributed by atoms with Crippen molar-refractivity contribution in [3.8, 4) is 5.75 Å². The molecule has 3 aromatic carbocycles. The molecule has 0 saturated carbocycles. The Morgan fingerprint density at radius 3 is 2.53 bits per heavy atom. The second-order valence-electron chi connectivity index (χ2n) is 10.5. The molecule has 9 nitrogen and oxygen atoms in total. The first-order chi connectivity index (χ1) is 21.7. The Hall–Kier alpha value is -4.44. The second kappa shape index (κ2) is 14.6. The summed E-state index contributed by atoms with van der Waals surface area (Å²) >= 11 is 13.2. The number of aryl methyl sites for hydroxylation is 1. The van der Waals surface area contributed by atoms with Crippen molar-refractivity contribution in [1.29, 1.82) is 0 Å². The number of morpholine rings is 1. The third-order valence-corrected chi connectivity index (χ3v) is 8.17. The molecule has 0 spiro atoms. The van der Waals surface area contributed by atoms with Crippen LogP contribution in [0.1, 0.15) is 27.2 Å². The number of aromatic nitrogens is 1. The number of nitrogens with zero attached hydrogens (tertiary/aromatic N) is 3. The molecule has 1 N–H and O–H groups in total. The maximum Gasteiger partial charge on any atom is 0.254 e. The topological polar surface area (TPSA) is 101 Å². The molecular weight excluding hydrogens is 615 g/mol. The number of anilines is 1. The minimum atomic E-state index is -0.444. The number of amides is 3. The molecule has 11 heteroatoms. The minimum absolute atomic E-state index is 0.0492. The number of para-hydroxylation sites is 1. The van der Waals surface area contributed by atoms with E-state index in [1.54, 1.807) is 54.4 Å². The average molecular weight is 648 g/mol. The number of pyridine rings is 1. The molecule has 1 aromatic heterocycles. The molecule has 4 aromatic rings. The lowest BCUT2D eigenvalue weighted by molar-refractivity contribution is -0.122. The first-order valence-electron chi connectivity index (χ1n) is 14.4. The molecule has 1 fully saturated rings. The number of rotatable bonds is 9. The molecule has 1 aliphatic heterocycles. The van der Waals surface area contributed by atoms with Crippen molar-refractivity contribution in [2.75, 3.05) is 44.8 Å². The van der Waals surface area contributed by atoms with Gasteiger partial charge in [-0.25, -0.2) is 4.98 Å². The lowest BCUT2D eigenvalue weighted by atomic mass is 10.1. The van der Waals surface area contributed by atoms with E-state index < -0.39 is 5.91 Å². The quantitative estimate of drug-likeness (QED) is 0.234. The zero-order valence-corrected chi connectivity index (χ0v) is 26.4. The Morgan fingerprint density at radius 1 is 1.02 bits per heavy atom.